The largest absolute Gasteiger partial charge is 0.497 e. The zero-order valence-electron chi connectivity index (χ0n) is 10.6. The van der Waals surface area contributed by atoms with Crippen LogP contribution in [0.3, 0.4) is 0 Å². The van der Waals surface area contributed by atoms with Crippen molar-refractivity contribution in [2.75, 3.05) is 12.4 Å². The first kappa shape index (κ1) is 11.5. The second-order valence-electron chi connectivity index (χ2n) is 4.19. The summed E-state index contributed by atoms with van der Waals surface area (Å²) < 4.78 is 5.14. The van der Waals surface area contributed by atoms with Crippen LogP contribution in [0.4, 0.5) is 5.69 Å². The molecular weight excluding hydrogens is 240 g/mol. The first-order valence-electron chi connectivity index (χ1n) is 6.02. The summed E-state index contributed by atoms with van der Waals surface area (Å²) in [6.45, 7) is 0.744. The Balaban J connectivity index is 1.76. The number of rotatable bonds is 4. The van der Waals surface area contributed by atoms with Gasteiger partial charge in [-0.2, -0.15) is 5.10 Å². The number of ether oxygens (including phenoxy) is 1. The number of aromatic nitrogens is 3. The molecule has 0 unspecified atom stereocenters. The van der Waals surface area contributed by atoms with E-state index in [-0.39, 0.29) is 0 Å². The second kappa shape index (κ2) is 4.97. The Labute approximate surface area is 110 Å². The third-order valence-corrected chi connectivity index (χ3v) is 3.00. The van der Waals surface area contributed by atoms with E-state index in [0.29, 0.717) is 0 Å². The van der Waals surface area contributed by atoms with Gasteiger partial charge < -0.3 is 10.1 Å². The minimum atomic E-state index is 0.744. The number of hydrogen-bond donors (Lipinski definition) is 2. The second-order valence-corrected chi connectivity index (χ2v) is 4.19. The normalized spacial score (nSPS) is 10.6. The summed E-state index contributed by atoms with van der Waals surface area (Å²) in [7, 11) is 1.67. The SMILES string of the molecule is COc1ccc(CNc2ccnc3[nH]ncc23)cc1. The summed E-state index contributed by atoms with van der Waals surface area (Å²) in [5, 5.41) is 11.2. The highest BCUT2D eigenvalue weighted by atomic mass is 16.5. The number of fused-ring (bicyclic) bond motifs is 1. The van der Waals surface area contributed by atoms with Gasteiger partial charge in [0.2, 0.25) is 0 Å². The Hall–Kier alpha value is -2.56. The van der Waals surface area contributed by atoms with Crippen LogP contribution >= 0.6 is 0 Å². The molecule has 0 bridgehead atoms. The van der Waals surface area contributed by atoms with Crippen LogP contribution in [-0.2, 0) is 6.54 Å². The third-order valence-electron chi connectivity index (χ3n) is 3.00. The molecule has 0 radical (unpaired) electrons. The lowest BCUT2D eigenvalue weighted by Gasteiger charge is -2.08. The minimum Gasteiger partial charge on any atom is -0.497 e. The van der Waals surface area contributed by atoms with Crippen LogP contribution in [0.15, 0.2) is 42.7 Å². The van der Waals surface area contributed by atoms with E-state index in [4.69, 9.17) is 4.74 Å². The van der Waals surface area contributed by atoms with Gasteiger partial charge in [-0.3, -0.25) is 5.10 Å². The van der Waals surface area contributed by atoms with E-state index >= 15 is 0 Å². The fraction of sp³-hybridized carbons (Fsp3) is 0.143. The van der Waals surface area contributed by atoms with Crippen molar-refractivity contribution in [3.8, 4) is 5.75 Å². The quantitative estimate of drug-likeness (QED) is 0.751. The molecule has 2 N–H and O–H groups in total. The van der Waals surface area contributed by atoms with Crippen LogP contribution in [0.25, 0.3) is 11.0 Å². The van der Waals surface area contributed by atoms with Gasteiger partial charge in [0.05, 0.1) is 18.7 Å². The van der Waals surface area contributed by atoms with E-state index in [0.717, 1.165) is 29.0 Å². The van der Waals surface area contributed by atoms with Crippen LogP contribution in [0, 0.1) is 0 Å². The number of nitrogens with one attached hydrogen (secondary N) is 2. The first-order valence-corrected chi connectivity index (χ1v) is 6.02. The Morgan fingerprint density at radius 2 is 2.05 bits per heavy atom. The van der Waals surface area contributed by atoms with E-state index in [2.05, 4.69) is 20.5 Å². The smallest absolute Gasteiger partial charge is 0.157 e. The molecule has 3 rings (SSSR count). The standard InChI is InChI=1S/C14H14N4O/c1-19-11-4-2-10(3-5-11)8-16-13-6-7-15-14-12(13)9-17-18-14/h2-7,9H,8H2,1H3,(H2,15,16,17,18). The number of nitrogens with zero attached hydrogens (tertiary/aromatic N) is 2. The molecule has 2 heterocycles. The third kappa shape index (κ3) is 2.35. The summed E-state index contributed by atoms with van der Waals surface area (Å²) in [6, 6.07) is 9.94. The van der Waals surface area contributed by atoms with Gasteiger partial charge >= 0.3 is 0 Å². The number of benzene rings is 1. The van der Waals surface area contributed by atoms with Crippen molar-refractivity contribution in [1.82, 2.24) is 15.2 Å². The van der Waals surface area contributed by atoms with Crippen LogP contribution < -0.4 is 10.1 Å². The van der Waals surface area contributed by atoms with Crippen LogP contribution in [-0.4, -0.2) is 22.3 Å². The maximum Gasteiger partial charge on any atom is 0.157 e. The topological polar surface area (TPSA) is 62.8 Å². The molecule has 96 valence electrons. The Bertz CT molecular complexity index is 675. The molecule has 0 aliphatic carbocycles. The van der Waals surface area contributed by atoms with E-state index < -0.39 is 0 Å². The maximum absolute atomic E-state index is 5.14. The van der Waals surface area contributed by atoms with E-state index in [1.54, 1.807) is 19.5 Å². The number of H-pyrrole nitrogens is 1. The Morgan fingerprint density at radius 3 is 2.84 bits per heavy atom. The molecule has 0 aliphatic heterocycles. The van der Waals surface area contributed by atoms with E-state index in [1.165, 1.54) is 5.56 Å². The number of aromatic amines is 1. The van der Waals surface area contributed by atoms with Crippen molar-refractivity contribution in [3.05, 3.63) is 48.3 Å². The zero-order valence-corrected chi connectivity index (χ0v) is 10.6. The predicted octanol–water partition coefficient (Wildman–Crippen LogP) is 2.58. The molecule has 5 heteroatoms. The molecule has 0 saturated heterocycles. The molecule has 0 aliphatic rings. The fourth-order valence-electron chi connectivity index (χ4n) is 1.95. The molecule has 3 aromatic rings. The number of pyridine rings is 1. The lowest BCUT2D eigenvalue weighted by molar-refractivity contribution is 0.414. The lowest BCUT2D eigenvalue weighted by Crippen LogP contribution is -1.99. The summed E-state index contributed by atoms with van der Waals surface area (Å²) in [5.74, 6) is 0.866. The van der Waals surface area contributed by atoms with Crippen molar-refractivity contribution in [3.63, 3.8) is 0 Å². The van der Waals surface area contributed by atoms with Gasteiger partial charge in [-0.15, -0.1) is 0 Å². The minimum absolute atomic E-state index is 0.744. The predicted molar refractivity (Wildman–Crippen MR) is 74.2 cm³/mol. The van der Waals surface area contributed by atoms with Crippen molar-refractivity contribution >= 4 is 16.7 Å². The molecule has 0 spiro atoms. The number of anilines is 1. The van der Waals surface area contributed by atoms with Crippen LogP contribution in [0.5, 0.6) is 5.75 Å². The maximum atomic E-state index is 5.14. The fourth-order valence-corrected chi connectivity index (χ4v) is 1.95. The van der Waals surface area contributed by atoms with Gasteiger partial charge in [0, 0.05) is 18.4 Å². The summed E-state index contributed by atoms with van der Waals surface area (Å²) in [5.41, 5.74) is 3.00. The average molecular weight is 254 g/mol. The van der Waals surface area contributed by atoms with E-state index in [1.807, 2.05) is 30.3 Å². The van der Waals surface area contributed by atoms with Gasteiger partial charge in [0.15, 0.2) is 5.65 Å². The highest BCUT2D eigenvalue weighted by molar-refractivity contribution is 5.87. The van der Waals surface area contributed by atoms with Gasteiger partial charge in [0.25, 0.3) is 0 Å². The number of methoxy groups -OCH3 is 1. The zero-order chi connectivity index (χ0) is 13.1. The van der Waals surface area contributed by atoms with Gasteiger partial charge in [-0.1, -0.05) is 12.1 Å². The van der Waals surface area contributed by atoms with Gasteiger partial charge in [-0.25, -0.2) is 4.98 Å². The summed E-state index contributed by atoms with van der Waals surface area (Å²) in [4.78, 5) is 4.20. The summed E-state index contributed by atoms with van der Waals surface area (Å²) in [6.07, 6.45) is 3.54. The van der Waals surface area contributed by atoms with Crippen molar-refractivity contribution in [2.45, 2.75) is 6.54 Å². The molecule has 5 nitrogen and oxygen atoms in total. The molecule has 19 heavy (non-hydrogen) atoms. The Kier molecular flexibility index (Phi) is 3.02. The van der Waals surface area contributed by atoms with Gasteiger partial charge in [-0.05, 0) is 23.8 Å². The molecule has 1 aromatic carbocycles. The highest BCUT2D eigenvalue weighted by Gasteiger charge is 2.03. The highest BCUT2D eigenvalue weighted by Crippen LogP contribution is 2.20. The molecule has 0 atom stereocenters. The molecular formula is C14H14N4O. The van der Waals surface area contributed by atoms with Crippen molar-refractivity contribution < 1.29 is 4.74 Å². The molecule has 0 amide bonds. The van der Waals surface area contributed by atoms with Crippen LogP contribution in [0.1, 0.15) is 5.56 Å². The van der Waals surface area contributed by atoms with Gasteiger partial charge in [0.1, 0.15) is 5.75 Å². The monoisotopic (exact) mass is 254 g/mol. The number of hydrogen-bond acceptors (Lipinski definition) is 4. The van der Waals surface area contributed by atoms with Crippen LogP contribution in [0.2, 0.25) is 0 Å². The molecule has 0 fully saturated rings. The first-order chi connectivity index (χ1) is 9.36. The van der Waals surface area contributed by atoms with Crippen molar-refractivity contribution in [1.29, 1.82) is 0 Å². The molecule has 2 aromatic heterocycles. The average Bonchev–Trinajstić information content (AvgIpc) is 2.94. The lowest BCUT2D eigenvalue weighted by atomic mass is 10.2. The summed E-state index contributed by atoms with van der Waals surface area (Å²) >= 11 is 0. The molecule has 0 saturated carbocycles. The van der Waals surface area contributed by atoms with E-state index in [9.17, 15) is 0 Å². The Morgan fingerprint density at radius 1 is 1.21 bits per heavy atom. The van der Waals surface area contributed by atoms with Crippen molar-refractivity contribution in [2.24, 2.45) is 0 Å².